The van der Waals surface area contributed by atoms with E-state index < -0.39 is 6.16 Å². The Balaban J connectivity index is 2.63. The minimum absolute atomic E-state index is 0.476. The van der Waals surface area contributed by atoms with Crippen LogP contribution < -0.4 is 0 Å². The SMILES string of the molecule is CC1=CCCC=C1OC(=O)O. The monoisotopic (exact) mass is 154 g/mol. The highest BCUT2D eigenvalue weighted by Crippen LogP contribution is 2.18. The fourth-order valence-electron chi connectivity index (χ4n) is 0.992. The molecule has 0 spiro atoms. The van der Waals surface area contributed by atoms with Crippen molar-refractivity contribution in [3.63, 3.8) is 0 Å². The molecule has 0 fully saturated rings. The highest BCUT2D eigenvalue weighted by molar-refractivity contribution is 5.59. The van der Waals surface area contributed by atoms with Crippen LogP contribution in [0.1, 0.15) is 19.8 Å². The van der Waals surface area contributed by atoms with Gasteiger partial charge in [0.2, 0.25) is 0 Å². The number of carbonyl (C=O) groups is 1. The number of carboxylic acid groups (broad SMARTS) is 1. The predicted octanol–water partition coefficient (Wildman–Crippen LogP) is 2.31. The summed E-state index contributed by atoms with van der Waals surface area (Å²) in [4.78, 5) is 10.1. The quantitative estimate of drug-likeness (QED) is 0.589. The van der Waals surface area contributed by atoms with Crippen LogP contribution in [0.5, 0.6) is 0 Å². The van der Waals surface area contributed by atoms with Gasteiger partial charge in [0.25, 0.3) is 0 Å². The molecule has 0 saturated carbocycles. The van der Waals surface area contributed by atoms with E-state index in [1.807, 2.05) is 13.0 Å². The van der Waals surface area contributed by atoms with Gasteiger partial charge in [-0.05, 0) is 31.4 Å². The average molecular weight is 154 g/mol. The molecule has 1 rings (SSSR count). The highest BCUT2D eigenvalue weighted by atomic mass is 16.7. The van der Waals surface area contributed by atoms with Crippen molar-refractivity contribution < 1.29 is 14.6 Å². The zero-order valence-corrected chi connectivity index (χ0v) is 6.33. The maximum absolute atomic E-state index is 10.1. The lowest BCUT2D eigenvalue weighted by Gasteiger charge is -2.09. The smallest absolute Gasteiger partial charge is 0.449 e. The molecule has 0 atom stereocenters. The van der Waals surface area contributed by atoms with Gasteiger partial charge < -0.3 is 9.84 Å². The van der Waals surface area contributed by atoms with Crippen molar-refractivity contribution in [3.05, 3.63) is 23.5 Å². The van der Waals surface area contributed by atoms with Crippen molar-refractivity contribution >= 4 is 6.16 Å². The Morgan fingerprint density at radius 3 is 2.73 bits per heavy atom. The summed E-state index contributed by atoms with van der Waals surface area (Å²) in [6, 6.07) is 0. The molecular formula is C8H10O3. The van der Waals surface area contributed by atoms with Gasteiger partial charge in [0.1, 0.15) is 5.76 Å². The molecule has 11 heavy (non-hydrogen) atoms. The third-order valence-corrected chi connectivity index (χ3v) is 1.53. The van der Waals surface area contributed by atoms with Crippen LogP contribution in [0.3, 0.4) is 0 Å². The lowest BCUT2D eigenvalue weighted by atomic mass is 10.1. The molecule has 3 nitrogen and oxygen atoms in total. The van der Waals surface area contributed by atoms with E-state index >= 15 is 0 Å². The first-order chi connectivity index (χ1) is 5.20. The topological polar surface area (TPSA) is 46.5 Å². The van der Waals surface area contributed by atoms with E-state index in [0.717, 1.165) is 18.4 Å². The fourth-order valence-corrected chi connectivity index (χ4v) is 0.992. The molecule has 3 heteroatoms. The van der Waals surface area contributed by atoms with Crippen LogP contribution in [0, 0.1) is 0 Å². The normalized spacial score (nSPS) is 16.8. The molecule has 0 bridgehead atoms. The van der Waals surface area contributed by atoms with Gasteiger partial charge in [-0.1, -0.05) is 6.08 Å². The van der Waals surface area contributed by atoms with Gasteiger partial charge in [-0.25, -0.2) is 4.79 Å². The molecule has 0 aromatic heterocycles. The lowest BCUT2D eigenvalue weighted by Crippen LogP contribution is -2.03. The van der Waals surface area contributed by atoms with Crippen molar-refractivity contribution in [3.8, 4) is 0 Å². The molecule has 0 aliphatic heterocycles. The first-order valence-corrected chi connectivity index (χ1v) is 3.48. The summed E-state index contributed by atoms with van der Waals surface area (Å²) in [5.74, 6) is 0.476. The number of hydrogen-bond donors (Lipinski definition) is 1. The molecule has 0 unspecified atom stereocenters. The molecule has 0 amide bonds. The lowest BCUT2D eigenvalue weighted by molar-refractivity contribution is 0.120. The van der Waals surface area contributed by atoms with Crippen molar-refractivity contribution in [2.24, 2.45) is 0 Å². The van der Waals surface area contributed by atoms with E-state index in [-0.39, 0.29) is 0 Å². The molecule has 60 valence electrons. The maximum atomic E-state index is 10.1. The summed E-state index contributed by atoms with van der Waals surface area (Å²) in [6.45, 7) is 1.84. The fraction of sp³-hybridized carbons (Fsp3) is 0.375. The first kappa shape index (κ1) is 7.85. The van der Waals surface area contributed by atoms with Gasteiger partial charge in [-0.3, -0.25) is 0 Å². The molecule has 0 radical (unpaired) electrons. The molecule has 0 aromatic rings. The van der Waals surface area contributed by atoms with Gasteiger partial charge >= 0.3 is 6.16 Å². The summed E-state index contributed by atoms with van der Waals surface area (Å²) < 4.78 is 4.51. The van der Waals surface area contributed by atoms with Crippen LogP contribution in [-0.4, -0.2) is 11.3 Å². The molecule has 1 aliphatic rings. The number of hydrogen-bond acceptors (Lipinski definition) is 2. The zero-order chi connectivity index (χ0) is 8.27. The Kier molecular flexibility index (Phi) is 2.31. The third kappa shape index (κ3) is 2.11. The Morgan fingerprint density at radius 1 is 1.55 bits per heavy atom. The minimum atomic E-state index is -1.24. The van der Waals surface area contributed by atoms with Crippen LogP contribution in [0.15, 0.2) is 23.5 Å². The van der Waals surface area contributed by atoms with Crippen LogP contribution in [0.25, 0.3) is 0 Å². The van der Waals surface area contributed by atoms with E-state index in [4.69, 9.17) is 5.11 Å². The van der Waals surface area contributed by atoms with E-state index in [0.29, 0.717) is 5.76 Å². The highest BCUT2D eigenvalue weighted by Gasteiger charge is 2.08. The van der Waals surface area contributed by atoms with Gasteiger partial charge in [0.05, 0.1) is 0 Å². The molecule has 0 saturated heterocycles. The van der Waals surface area contributed by atoms with Crippen LogP contribution in [0.2, 0.25) is 0 Å². The van der Waals surface area contributed by atoms with Crippen LogP contribution in [0.4, 0.5) is 4.79 Å². The standard InChI is InChI=1S/C8H10O3/c1-6-4-2-3-5-7(6)11-8(9)10/h4-5H,2-3H2,1H3,(H,9,10). The Bertz CT molecular complexity index is 225. The Hall–Kier alpha value is -1.25. The first-order valence-electron chi connectivity index (χ1n) is 3.48. The molecule has 1 N–H and O–H groups in total. The minimum Gasteiger partial charge on any atom is -0.449 e. The third-order valence-electron chi connectivity index (χ3n) is 1.53. The predicted molar refractivity (Wildman–Crippen MR) is 40.2 cm³/mol. The van der Waals surface area contributed by atoms with Gasteiger partial charge in [0, 0.05) is 0 Å². The zero-order valence-electron chi connectivity index (χ0n) is 6.33. The number of ether oxygens (including phenoxy) is 1. The van der Waals surface area contributed by atoms with Crippen molar-refractivity contribution in [2.45, 2.75) is 19.8 Å². The summed E-state index contributed by atoms with van der Waals surface area (Å²) >= 11 is 0. The summed E-state index contributed by atoms with van der Waals surface area (Å²) in [7, 11) is 0. The largest absolute Gasteiger partial charge is 0.511 e. The van der Waals surface area contributed by atoms with Crippen molar-refractivity contribution in [2.75, 3.05) is 0 Å². The summed E-state index contributed by atoms with van der Waals surface area (Å²) in [6.07, 6.45) is 4.35. The number of rotatable bonds is 1. The van der Waals surface area contributed by atoms with Crippen molar-refractivity contribution in [1.82, 2.24) is 0 Å². The van der Waals surface area contributed by atoms with E-state index in [2.05, 4.69) is 4.74 Å². The van der Waals surface area contributed by atoms with Crippen LogP contribution in [-0.2, 0) is 4.74 Å². The molecular weight excluding hydrogens is 144 g/mol. The second kappa shape index (κ2) is 3.23. The van der Waals surface area contributed by atoms with E-state index in [9.17, 15) is 4.79 Å². The van der Waals surface area contributed by atoms with Gasteiger partial charge in [0.15, 0.2) is 0 Å². The molecule has 1 aliphatic carbocycles. The molecule has 0 heterocycles. The van der Waals surface area contributed by atoms with Gasteiger partial charge in [-0.2, -0.15) is 0 Å². The maximum Gasteiger partial charge on any atom is 0.511 e. The van der Waals surface area contributed by atoms with E-state index in [1.54, 1.807) is 6.08 Å². The second-order valence-corrected chi connectivity index (χ2v) is 2.40. The Morgan fingerprint density at radius 2 is 2.18 bits per heavy atom. The van der Waals surface area contributed by atoms with E-state index in [1.165, 1.54) is 0 Å². The summed E-state index contributed by atoms with van der Waals surface area (Å²) in [5, 5.41) is 8.29. The summed E-state index contributed by atoms with van der Waals surface area (Å²) in [5.41, 5.74) is 0.902. The van der Waals surface area contributed by atoms with Crippen molar-refractivity contribution in [1.29, 1.82) is 0 Å². The Labute approximate surface area is 65.0 Å². The average Bonchev–Trinajstić information content (AvgIpc) is 1.93. The number of allylic oxidation sites excluding steroid dienone is 3. The second-order valence-electron chi connectivity index (χ2n) is 2.40. The molecule has 0 aromatic carbocycles. The van der Waals surface area contributed by atoms with Gasteiger partial charge in [-0.15, -0.1) is 0 Å². The van der Waals surface area contributed by atoms with Crippen LogP contribution >= 0.6 is 0 Å².